The Kier molecular flexibility index (Phi) is 5.28. The molecule has 3 aromatic rings. The van der Waals surface area contributed by atoms with Crippen molar-refractivity contribution in [2.75, 3.05) is 10.6 Å². The summed E-state index contributed by atoms with van der Waals surface area (Å²) < 4.78 is 0. The van der Waals surface area contributed by atoms with Gasteiger partial charge in [-0.1, -0.05) is 25.0 Å². The summed E-state index contributed by atoms with van der Waals surface area (Å²) in [6.07, 6.45) is 9.89. The maximum absolute atomic E-state index is 12.3. The van der Waals surface area contributed by atoms with E-state index in [1.165, 1.54) is 38.1 Å². The zero-order valence-corrected chi connectivity index (χ0v) is 15.9. The van der Waals surface area contributed by atoms with Crippen LogP contribution in [0.3, 0.4) is 0 Å². The fraction of sp³-hybridized carbons (Fsp3) is 0.273. The van der Waals surface area contributed by atoms with Gasteiger partial charge in [-0.05, 0) is 49.6 Å². The fourth-order valence-corrected chi connectivity index (χ4v) is 3.43. The molecule has 1 saturated carbocycles. The number of hydrogen-bond donors (Lipinski definition) is 2. The number of nitrogens with zero attached hydrogens (tertiary/aromatic N) is 3. The van der Waals surface area contributed by atoms with Gasteiger partial charge in [0.25, 0.3) is 5.91 Å². The molecule has 0 aliphatic heterocycles. The van der Waals surface area contributed by atoms with Crippen LogP contribution in [0.25, 0.3) is 11.1 Å². The van der Waals surface area contributed by atoms with E-state index in [4.69, 9.17) is 0 Å². The van der Waals surface area contributed by atoms with Crippen LogP contribution in [0.15, 0.2) is 55.0 Å². The average molecular weight is 373 g/mol. The van der Waals surface area contributed by atoms with Crippen molar-refractivity contribution < 1.29 is 4.79 Å². The minimum absolute atomic E-state index is 0.275. The van der Waals surface area contributed by atoms with E-state index in [2.05, 4.69) is 49.9 Å². The lowest BCUT2D eigenvalue weighted by atomic mass is 10.1. The SMILES string of the molecule is Cc1ncc(C(=O)Nc2ccc(-c3cccc(NC4CCCC4)c3)cn2)cn1. The highest BCUT2D eigenvalue weighted by Crippen LogP contribution is 2.26. The van der Waals surface area contributed by atoms with E-state index in [9.17, 15) is 4.79 Å². The molecule has 1 aliphatic carbocycles. The van der Waals surface area contributed by atoms with Gasteiger partial charge in [0.05, 0.1) is 5.56 Å². The van der Waals surface area contributed by atoms with E-state index in [-0.39, 0.29) is 5.91 Å². The summed E-state index contributed by atoms with van der Waals surface area (Å²) in [6, 6.07) is 12.7. The predicted molar refractivity (Wildman–Crippen MR) is 110 cm³/mol. The standard InChI is InChI=1S/C22H23N5O/c1-15-23-13-18(14-24-15)22(28)27-21-10-9-17(12-25-21)16-5-4-8-20(11-16)26-19-6-2-3-7-19/h4-5,8-14,19,26H,2-3,6-7H2,1H3,(H,25,27,28). The molecule has 2 aromatic heterocycles. The Bertz CT molecular complexity index is 947. The van der Waals surface area contributed by atoms with Gasteiger partial charge in [0.1, 0.15) is 11.6 Å². The van der Waals surface area contributed by atoms with Crippen LogP contribution in [-0.2, 0) is 0 Å². The molecule has 2 N–H and O–H groups in total. The Labute approximate surface area is 164 Å². The molecule has 6 heteroatoms. The maximum Gasteiger partial charge on any atom is 0.259 e. The number of rotatable bonds is 5. The first kappa shape index (κ1) is 18.1. The summed E-state index contributed by atoms with van der Waals surface area (Å²) in [5.74, 6) is 0.848. The number of anilines is 2. The number of aryl methyl sites for hydroxylation is 1. The van der Waals surface area contributed by atoms with Crippen LogP contribution in [0.2, 0.25) is 0 Å². The molecule has 0 saturated heterocycles. The number of amides is 1. The quantitative estimate of drug-likeness (QED) is 0.690. The summed E-state index contributed by atoms with van der Waals surface area (Å²) in [7, 11) is 0. The van der Waals surface area contributed by atoms with Crippen molar-refractivity contribution in [3.05, 3.63) is 66.4 Å². The van der Waals surface area contributed by atoms with Gasteiger partial charge >= 0.3 is 0 Å². The molecule has 0 atom stereocenters. The van der Waals surface area contributed by atoms with Crippen LogP contribution in [0.1, 0.15) is 41.9 Å². The third kappa shape index (κ3) is 4.34. The zero-order chi connectivity index (χ0) is 19.3. The molecule has 0 unspecified atom stereocenters. The highest BCUT2D eigenvalue weighted by Gasteiger charge is 2.14. The number of benzene rings is 1. The van der Waals surface area contributed by atoms with Gasteiger partial charge in [0, 0.05) is 35.9 Å². The highest BCUT2D eigenvalue weighted by atomic mass is 16.1. The summed E-state index contributed by atoms with van der Waals surface area (Å²) in [4.78, 5) is 24.7. The second-order valence-corrected chi connectivity index (χ2v) is 7.11. The minimum Gasteiger partial charge on any atom is -0.382 e. The number of nitrogens with one attached hydrogen (secondary N) is 2. The van der Waals surface area contributed by atoms with Gasteiger partial charge in [0.15, 0.2) is 0 Å². The summed E-state index contributed by atoms with van der Waals surface area (Å²) in [5.41, 5.74) is 3.65. The molecular formula is C22H23N5O. The van der Waals surface area contributed by atoms with Crippen LogP contribution < -0.4 is 10.6 Å². The molecule has 28 heavy (non-hydrogen) atoms. The Morgan fingerprint density at radius 3 is 2.46 bits per heavy atom. The van der Waals surface area contributed by atoms with Crippen molar-refractivity contribution in [3.63, 3.8) is 0 Å². The van der Waals surface area contributed by atoms with Crippen LogP contribution in [-0.4, -0.2) is 26.9 Å². The van der Waals surface area contributed by atoms with Crippen molar-refractivity contribution >= 4 is 17.4 Å². The smallest absolute Gasteiger partial charge is 0.259 e. The van der Waals surface area contributed by atoms with Gasteiger partial charge in [-0.15, -0.1) is 0 Å². The zero-order valence-electron chi connectivity index (χ0n) is 15.9. The van der Waals surface area contributed by atoms with Gasteiger partial charge < -0.3 is 10.6 Å². The van der Waals surface area contributed by atoms with E-state index >= 15 is 0 Å². The van der Waals surface area contributed by atoms with Crippen LogP contribution in [0.4, 0.5) is 11.5 Å². The first-order valence-electron chi connectivity index (χ1n) is 9.60. The van der Waals surface area contributed by atoms with E-state index in [1.54, 1.807) is 19.2 Å². The number of carbonyl (C=O) groups excluding carboxylic acids is 1. The monoisotopic (exact) mass is 373 g/mol. The third-order valence-electron chi connectivity index (χ3n) is 4.97. The van der Waals surface area contributed by atoms with Gasteiger partial charge in [0.2, 0.25) is 0 Å². The molecule has 4 rings (SSSR count). The first-order valence-corrected chi connectivity index (χ1v) is 9.60. The van der Waals surface area contributed by atoms with Gasteiger partial charge in [-0.3, -0.25) is 4.79 Å². The van der Waals surface area contributed by atoms with Crippen LogP contribution in [0, 0.1) is 6.92 Å². The summed E-state index contributed by atoms with van der Waals surface area (Å²) >= 11 is 0. The van der Waals surface area contributed by atoms with E-state index in [1.807, 2.05) is 6.07 Å². The van der Waals surface area contributed by atoms with E-state index in [0.29, 0.717) is 23.2 Å². The van der Waals surface area contributed by atoms with Crippen LogP contribution >= 0.6 is 0 Å². The molecule has 0 bridgehead atoms. The largest absolute Gasteiger partial charge is 0.382 e. The molecular weight excluding hydrogens is 350 g/mol. The number of aromatic nitrogens is 3. The first-order chi connectivity index (χ1) is 13.7. The molecule has 142 valence electrons. The van der Waals surface area contributed by atoms with Crippen molar-refractivity contribution in [1.29, 1.82) is 0 Å². The Morgan fingerprint density at radius 1 is 0.964 bits per heavy atom. The number of carbonyl (C=O) groups is 1. The number of hydrogen-bond acceptors (Lipinski definition) is 5. The number of pyridine rings is 1. The van der Waals surface area contributed by atoms with Gasteiger partial charge in [-0.25, -0.2) is 15.0 Å². The molecule has 1 fully saturated rings. The maximum atomic E-state index is 12.3. The van der Waals surface area contributed by atoms with E-state index in [0.717, 1.165) is 16.8 Å². The molecule has 1 amide bonds. The Hall–Kier alpha value is -3.28. The van der Waals surface area contributed by atoms with Crippen molar-refractivity contribution in [3.8, 4) is 11.1 Å². The fourth-order valence-electron chi connectivity index (χ4n) is 3.43. The molecule has 0 spiro atoms. The second kappa shape index (κ2) is 8.17. The van der Waals surface area contributed by atoms with Crippen molar-refractivity contribution in [2.45, 2.75) is 38.6 Å². The molecule has 2 heterocycles. The van der Waals surface area contributed by atoms with Gasteiger partial charge in [-0.2, -0.15) is 0 Å². The minimum atomic E-state index is -0.275. The predicted octanol–water partition coefficient (Wildman–Crippen LogP) is 4.45. The average Bonchev–Trinajstić information content (AvgIpc) is 3.22. The summed E-state index contributed by atoms with van der Waals surface area (Å²) in [5, 5.41) is 6.39. The van der Waals surface area contributed by atoms with Crippen molar-refractivity contribution in [2.24, 2.45) is 0 Å². The van der Waals surface area contributed by atoms with Crippen LogP contribution in [0.5, 0.6) is 0 Å². The lowest BCUT2D eigenvalue weighted by Gasteiger charge is -2.14. The Balaban J connectivity index is 1.44. The lowest BCUT2D eigenvalue weighted by molar-refractivity contribution is 0.102. The molecule has 6 nitrogen and oxygen atoms in total. The molecule has 1 aromatic carbocycles. The normalized spacial score (nSPS) is 14.0. The lowest BCUT2D eigenvalue weighted by Crippen LogP contribution is -2.14. The third-order valence-corrected chi connectivity index (χ3v) is 4.97. The van der Waals surface area contributed by atoms with Crippen molar-refractivity contribution in [1.82, 2.24) is 15.0 Å². The summed E-state index contributed by atoms with van der Waals surface area (Å²) in [6.45, 7) is 1.78. The second-order valence-electron chi connectivity index (χ2n) is 7.11. The Morgan fingerprint density at radius 2 is 1.75 bits per heavy atom. The highest BCUT2D eigenvalue weighted by molar-refractivity contribution is 6.03. The van der Waals surface area contributed by atoms with E-state index < -0.39 is 0 Å². The molecule has 1 aliphatic rings. The molecule has 0 radical (unpaired) electrons. The topological polar surface area (TPSA) is 79.8 Å².